The maximum absolute atomic E-state index is 13.7. The van der Waals surface area contributed by atoms with E-state index in [4.69, 9.17) is 9.47 Å². The molecule has 0 aromatic heterocycles. The van der Waals surface area contributed by atoms with E-state index in [0.29, 0.717) is 25.8 Å². The summed E-state index contributed by atoms with van der Waals surface area (Å²) in [7, 11) is 3.07. The van der Waals surface area contributed by atoms with Crippen molar-refractivity contribution in [2.24, 2.45) is 17.8 Å². The van der Waals surface area contributed by atoms with Crippen molar-refractivity contribution in [1.29, 1.82) is 0 Å². The number of carbonyl (C=O) groups excluding carboxylic acids is 6. The number of unbranched alkanes of at least 4 members (excludes halogenated alkanes) is 2. The number of hydrogen-bond acceptors (Lipinski definition) is 11. The monoisotopic (exact) mass is 790 g/mol. The molecule has 1 aromatic rings. The maximum Gasteiger partial charge on any atom is 0.410 e. The number of aliphatic hydroxyl groups excluding tert-OH is 1. The SMILES string of the molecule is CC[C@H](C)[C@H](NC(=O)[C@@H](N[C@@H](O)[C@H](C(C)C)N(C)C(=O)OCc1ccc(CC(=O)CCCCCN2C(=O)CC(SC)C2=O)cc1)C(C)C)[C@@H](CC(C)=O)OC. The number of ketones is 2. The molecule has 1 heterocycles. The molecule has 14 heteroatoms. The van der Waals surface area contributed by atoms with Crippen LogP contribution < -0.4 is 10.6 Å². The number of carbonyl (C=O) groups is 6. The average molecular weight is 791 g/mol. The summed E-state index contributed by atoms with van der Waals surface area (Å²) in [4.78, 5) is 78.4. The normalized spacial score (nSPS) is 17.8. The van der Waals surface area contributed by atoms with Gasteiger partial charge < -0.3 is 24.8 Å². The standard InChI is InChI=1S/C41H66N4O9S/c1-11-27(6)36(32(53-9)21-28(7)46)43-38(49)35(25(2)3)42-39(50)37(26(4)5)44(8)41(52)54-24-30-18-16-29(17-19-30)22-31(47)15-13-12-14-20-45-34(48)23-33(55-10)40(45)51/h16-19,25-27,32-33,35-37,39,42,50H,11-15,20-24H2,1-10H3,(H,43,49)/t27-,32+,33?,35-,36-,37-,39-/m0/s1. The predicted octanol–water partition coefficient (Wildman–Crippen LogP) is 4.90. The van der Waals surface area contributed by atoms with E-state index in [2.05, 4.69) is 10.6 Å². The fourth-order valence-electron chi connectivity index (χ4n) is 6.91. The smallest absolute Gasteiger partial charge is 0.410 e. The highest BCUT2D eigenvalue weighted by molar-refractivity contribution is 8.00. The van der Waals surface area contributed by atoms with Crippen molar-refractivity contribution in [3.8, 4) is 0 Å². The summed E-state index contributed by atoms with van der Waals surface area (Å²) in [5, 5.41) is 17.3. The first-order valence-electron chi connectivity index (χ1n) is 19.6. The first kappa shape index (κ1) is 47.8. The molecular weight excluding hydrogens is 725 g/mol. The lowest BCUT2D eigenvalue weighted by atomic mass is 9.90. The molecule has 1 fully saturated rings. The molecule has 1 saturated heterocycles. The maximum atomic E-state index is 13.7. The Kier molecular flexibility index (Phi) is 20.6. The largest absolute Gasteiger partial charge is 0.445 e. The lowest BCUT2D eigenvalue weighted by Crippen LogP contribution is -2.61. The number of nitrogens with one attached hydrogen (secondary N) is 2. The van der Waals surface area contributed by atoms with Gasteiger partial charge in [0.2, 0.25) is 17.7 Å². The van der Waals surface area contributed by atoms with Gasteiger partial charge in [-0.3, -0.25) is 34.2 Å². The van der Waals surface area contributed by atoms with Gasteiger partial charge in [0.15, 0.2) is 0 Å². The number of Topliss-reactive ketones (excluding diaryl/α,β-unsaturated/α-hetero) is 2. The number of hydrogen-bond donors (Lipinski definition) is 3. The van der Waals surface area contributed by atoms with E-state index < -0.39 is 36.6 Å². The molecule has 0 aliphatic carbocycles. The summed E-state index contributed by atoms with van der Waals surface area (Å²) in [6, 6.07) is 5.32. The molecule has 4 amide bonds. The van der Waals surface area contributed by atoms with Crippen LogP contribution in [0.1, 0.15) is 105 Å². The van der Waals surface area contributed by atoms with Crippen molar-refractivity contribution in [2.45, 2.75) is 142 Å². The minimum atomic E-state index is -1.27. The third kappa shape index (κ3) is 14.9. The van der Waals surface area contributed by atoms with Gasteiger partial charge in [0.1, 0.15) is 24.4 Å². The lowest BCUT2D eigenvalue weighted by molar-refractivity contribution is -0.138. The van der Waals surface area contributed by atoms with Crippen LogP contribution in [0.3, 0.4) is 0 Å². The Bertz CT molecular complexity index is 1420. The number of methoxy groups -OCH3 is 1. The molecular formula is C41H66N4O9S. The van der Waals surface area contributed by atoms with Crippen molar-refractivity contribution in [2.75, 3.05) is 27.0 Å². The van der Waals surface area contributed by atoms with Gasteiger partial charge in [0.25, 0.3) is 0 Å². The Morgan fingerprint density at radius 3 is 2.16 bits per heavy atom. The molecule has 1 aliphatic rings. The molecule has 3 N–H and O–H groups in total. The highest BCUT2D eigenvalue weighted by Gasteiger charge is 2.38. The van der Waals surface area contributed by atoms with Crippen LogP contribution in [0.15, 0.2) is 24.3 Å². The summed E-state index contributed by atoms with van der Waals surface area (Å²) in [5.41, 5.74) is 1.58. The van der Waals surface area contributed by atoms with Gasteiger partial charge in [-0.25, -0.2) is 4.79 Å². The fourth-order valence-corrected chi connectivity index (χ4v) is 7.54. The Morgan fingerprint density at radius 1 is 1.00 bits per heavy atom. The number of imide groups is 1. The lowest BCUT2D eigenvalue weighted by Gasteiger charge is -2.38. The second kappa shape index (κ2) is 23.7. The van der Waals surface area contributed by atoms with Crippen molar-refractivity contribution < 1.29 is 43.3 Å². The zero-order chi connectivity index (χ0) is 41.4. The number of likely N-dealkylation sites (tertiary alicyclic amines) is 1. The Labute approximate surface area is 332 Å². The molecule has 2 rings (SSSR count). The number of aliphatic hydroxyl groups is 1. The van der Waals surface area contributed by atoms with Crippen molar-refractivity contribution in [1.82, 2.24) is 20.4 Å². The van der Waals surface area contributed by atoms with Crippen LogP contribution in [0.5, 0.6) is 0 Å². The van der Waals surface area contributed by atoms with Gasteiger partial charge in [0, 0.05) is 46.4 Å². The summed E-state index contributed by atoms with van der Waals surface area (Å²) < 4.78 is 11.2. The van der Waals surface area contributed by atoms with Gasteiger partial charge in [0.05, 0.1) is 29.5 Å². The van der Waals surface area contributed by atoms with Gasteiger partial charge in [-0.1, -0.05) is 78.6 Å². The van der Waals surface area contributed by atoms with Crippen LogP contribution in [0.4, 0.5) is 4.79 Å². The number of nitrogens with zero attached hydrogens (tertiary/aromatic N) is 2. The third-order valence-corrected chi connectivity index (χ3v) is 11.3. The zero-order valence-corrected chi connectivity index (χ0v) is 35.4. The van der Waals surface area contributed by atoms with Gasteiger partial charge in [-0.2, -0.15) is 11.8 Å². The number of thioether (sulfide) groups is 1. The van der Waals surface area contributed by atoms with Crippen LogP contribution in [-0.4, -0.2) is 113 Å². The number of ether oxygens (including phenoxy) is 2. The number of amides is 4. The second-order valence-corrected chi connectivity index (χ2v) is 16.5. The summed E-state index contributed by atoms with van der Waals surface area (Å²) in [6.07, 6.45) is 3.42. The average Bonchev–Trinajstić information content (AvgIpc) is 3.41. The van der Waals surface area contributed by atoms with Crippen LogP contribution in [-0.2, 0) is 46.5 Å². The summed E-state index contributed by atoms with van der Waals surface area (Å²) in [6.45, 7) is 13.3. The molecule has 7 atom stereocenters. The first-order chi connectivity index (χ1) is 25.9. The molecule has 55 heavy (non-hydrogen) atoms. The molecule has 1 aliphatic heterocycles. The van der Waals surface area contributed by atoms with Crippen LogP contribution >= 0.6 is 11.8 Å². The number of likely N-dealkylation sites (N-methyl/N-ethyl adjacent to an activating group) is 1. The Hall–Kier alpha value is -3.33. The van der Waals surface area contributed by atoms with Crippen LogP contribution in [0.2, 0.25) is 0 Å². The van der Waals surface area contributed by atoms with E-state index in [1.165, 1.54) is 35.6 Å². The van der Waals surface area contributed by atoms with Crippen molar-refractivity contribution >= 4 is 47.1 Å². The Balaban J connectivity index is 1.91. The number of rotatable bonds is 25. The van der Waals surface area contributed by atoms with E-state index in [1.807, 2.05) is 59.9 Å². The minimum Gasteiger partial charge on any atom is -0.445 e. The second-order valence-electron chi connectivity index (χ2n) is 15.5. The molecule has 0 saturated carbocycles. The van der Waals surface area contributed by atoms with Gasteiger partial charge >= 0.3 is 6.09 Å². The summed E-state index contributed by atoms with van der Waals surface area (Å²) >= 11 is 1.40. The third-order valence-electron chi connectivity index (χ3n) is 10.4. The van der Waals surface area contributed by atoms with E-state index in [0.717, 1.165) is 24.0 Å². The van der Waals surface area contributed by atoms with E-state index in [9.17, 15) is 33.9 Å². The molecule has 1 aromatic carbocycles. The molecule has 0 spiro atoms. The van der Waals surface area contributed by atoms with Gasteiger partial charge in [-0.05, 0) is 54.9 Å². The minimum absolute atomic E-state index is 0.0135. The van der Waals surface area contributed by atoms with Crippen molar-refractivity contribution in [3.63, 3.8) is 0 Å². The predicted molar refractivity (Wildman–Crippen MR) is 214 cm³/mol. The molecule has 0 radical (unpaired) electrons. The van der Waals surface area contributed by atoms with E-state index in [1.54, 1.807) is 19.2 Å². The van der Waals surface area contributed by atoms with Crippen molar-refractivity contribution in [3.05, 3.63) is 35.4 Å². The molecule has 310 valence electrons. The highest BCUT2D eigenvalue weighted by Crippen LogP contribution is 2.24. The molecule has 0 bridgehead atoms. The first-order valence-corrected chi connectivity index (χ1v) is 20.9. The number of benzene rings is 1. The topological polar surface area (TPSA) is 172 Å². The van der Waals surface area contributed by atoms with E-state index >= 15 is 0 Å². The quantitative estimate of drug-likeness (QED) is 0.0700. The summed E-state index contributed by atoms with van der Waals surface area (Å²) in [5.74, 6) is -0.908. The zero-order valence-electron chi connectivity index (χ0n) is 34.6. The fraction of sp³-hybridized carbons (Fsp3) is 0.707. The van der Waals surface area contributed by atoms with Crippen LogP contribution in [0.25, 0.3) is 0 Å². The van der Waals surface area contributed by atoms with Gasteiger partial charge in [-0.15, -0.1) is 0 Å². The van der Waals surface area contributed by atoms with Crippen LogP contribution in [0, 0.1) is 17.8 Å². The molecule has 1 unspecified atom stereocenters. The highest BCUT2D eigenvalue weighted by atomic mass is 32.2. The Morgan fingerprint density at radius 2 is 1.64 bits per heavy atom. The molecule has 13 nitrogen and oxygen atoms in total. The van der Waals surface area contributed by atoms with E-state index in [-0.39, 0.29) is 78.2 Å².